The Labute approximate surface area is 262 Å². The van der Waals surface area contributed by atoms with Crippen molar-refractivity contribution in [3.8, 4) is 6.07 Å². The first-order valence-corrected chi connectivity index (χ1v) is 25.8. The largest absolute Gasteiger partial charge is 0.415 e. The molecule has 0 amide bonds. The summed E-state index contributed by atoms with van der Waals surface area (Å²) in [6.07, 6.45) is 0.0755. The topological polar surface area (TPSA) is 107 Å². The fourth-order valence-corrected chi connectivity index (χ4v) is 9.37. The molecule has 2 saturated heterocycles. The zero-order chi connectivity index (χ0) is 32.3. The van der Waals surface area contributed by atoms with E-state index in [1.165, 1.54) is 6.07 Å². The Morgan fingerprint density at radius 2 is 1.58 bits per heavy atom. The number of epoxide rings is 1. The van der Waals surface area contributed by atoms with Crippen molar-refractivity contribution < 1.29 is 32.3 Å². The van der Waals surface area contributed by atoms with E-state index in [4.69, 9.17) is 22.8 Å². The number of rotatable bonds is 15. The Morgan fingerprint density at radius 1 is 0.953 bits per heavy atom. The van der Waals surface area contributed by atoms with Crippen LogP contribution in [-0.4, -0.2) is 79.7 Å². The second-order valence-electron chi connectivity index (χ2n) is 15.2. The second-order valence-corrected chi connectivity index (χ2v) is 28.6. The maximum absolute atomic E-state index is 13.3. The maximum Gasteiger partial charge on any atom is 0.184 e. The van der Waals surface area contributed by atoms with Crippen molar-refractivity contribution in [2.24, 2.45) is 11.8 Å². The monoisotopic (exact) mass is 647 g/mol. The minimum atomic E-state index is -2.05. The molecule has 0 radical (unpaired) electrons. The number of carbonyl (C=O) groups excluding carboxylic acids is 2. The van der Waals surface area contributed by atoms with Gasteiger partial charge in [0, 0.05) is 36.3 Å². The summed E-state index contributed by atoms with van der Waals surface area (Å²) < 4.78 is 32.6. The molecule has 2 aliphatic rings. The highest BCUT2D eigenvalue weighted by molar-refractivity contribution is 6.70. The van der Waals surface area contributed by atoms with Crippen LogP contribution in [0.25, 0.3) is 0 Å². The van der Waals surface area contributed by atoms with Crippen molar-refractivity contribution in [1.82, 2.24) is 0 Å². The summed E-state index contributed by atoms with van der Waals surface area (Å²) in [5.74, 6) is -0.406. The quantitative estimate of drug-likeness (QED) is 0.0910. The number of nitriles is 1. The SMILES string of the molecule is C[C@@H]([C@@H]1O[C@H]1C[C@@H]1OC[C@H](CC(=O)CC(=O)c2cccc(C#N)c2)[C@@H](O[Si](C)(C)C)[C@@H]1O[Si](C)(C)C)[C@H](C)O[Si](C)(C)C. The number of nitrogens with zero attached hydrogens (tertiary/aromatic N) is 1. The van der Waals surface area contributed by atoms with Crippen LogP contribution in [0.5, 0.6) is 0 Å². The third kappa shape index (κ3) is 11.4. The van der Waals surface area contributed by atoms with Crippen molar-refractivity contribution >= 4 is 36.5 Å². The van der Waals surface area contributed by atoms with E-state index >= 15 is 0 Å². The molecule has 240 valence electrons. The lowest BCUT2D eigenvalue weighted by Gasteiger charge is -2.47. The highest BCUT2D eigenvalue weighted by Gasteiger charge is 2.51. The molecule has 2 heterocycles. The number of hydrogen-bond acceptors (Lipinski definition) is 8. The van der Waals surface area contributed by atoms with Crippen LogP contribution in [-0.2, 0) is 27.5 Å². The van der Waals surface area contributed by atoms with Crippen LogP contribution >= 0.6 is 0 Å². The van der Waals surface area contributed by atoms with Crippen molar-refractivity contribution in [2.75, 3.05) is 6.61 Å². The fraction of sp³-hybridized carbons (Fsp3) is 0.719. The zero-order valence-corrected chi connectivity index (χ0v) is 31.1. The summed E-state index contributed by atoms with van der Waals surface area (Å²) in [5.41, 5.74) is 0.772. The smallest absolute Gasteiger partial charge is 0.184 e. The third-order valence-electron chi connectivity index (χ3n) is 7.70. The molecule has 0 unspecified atom stereocenters. The van der Waals surface area contributed by atoms with E-state index in [-0.39, 0.29) is 72.9 Å². The summed E-state index contributed by atoms with van der Waals surface area (Å²) in [6, 6.07) is 8.53. The standard InChI is InChI=1S/C32H53NO7Si3/c1-21(22(2)38-41(3,4)5)30-29(37-30)18-28-32(40-43(9,10)11)31(39-42(6,7)8)25(20-36-28)16-26(34)17-27(35)24-14-12-13-23(15-24)19-33/h12-15,21-22,25,28-32H,16-18,20H2,1-11H3/t21-,22+,25+,28+,29+,30+,31-,32-/m1/s1. The molecule has 0 saturated carbocycles. The van der Waals surface area contributed by atoms with Gasteiger partial charge in [0.1, 0.15) is 5.78 Å². The molecular formula is C32H53NO7Si3. The lowest BCUT2D eigenvalue weighted by molar-refractivity contribution is -0.158. The molecule has 8 nitrogen and oxygen atoms in total. The normalized spacial score (nSPS) is 27.7. The van der Waals surface area contributed by atoms with Gasteiger partial charge in [0.15, 0.2) is 30.7 Å². The first-order chi connectivity index (χ1) is 19.8. The molecule has 0 bridgehead atoms. The number of ketones is 2. The van der Waals surface area contributed by atoms with E-state index in [9.17, 15) is 14.9 Å². The summed E-state index contributed by atoms with van der Waals surface area (Å²) in [6.45, 7) is 24.2. The highest BCUT2D eigenvalue weighted by atomic mass is 28.4. The Morgan fingerprint density at radius 3 is 2.16 bits per heavy atom. The number of carbonyl (C=O) groups is 2. The van der Waals surface area contributed by atoms with E-state index in [0.29, 0.717) is 24.2 Å². The molecule has 43 heavy (non-hydrogen) atoms. The van der Waals surface area contributed by atoms with Gasteiger partial charge in [0.05, 0.1) is 55.2 Å². The lowest BCUT2D eigenvalue weighted by Crippen LogP contribution is -2.58. The Bertz CT molecular complexity index is 1170. The molecule has 11 heteroatoms. The maximum atomic E-state index is 13.3. The first-order valence-electron chi connectivity index (χ1n) is 15.6. The molecule has 0 spiro atoms. The van der Waals surface area contributed by atoms with Gasteiger partial charge >= 0.3 is 0 Å². The average Bonchev–Trinajstić information content (AvgIpc) is 3.63. The summed E-state index contributed by atoms with van der Waals surface area (Å²) in [4.78, 5) is 26.1. The highest BCUT2D eigenvalue weighted by Crippen LogP contribution is 2.40. The average molecular weight is 648 g/mol. The molecule has 1 aromatic rings. The Balaban J connectivity index is 1.75. The number of ether oxygens (including phenoxy) is 2. The summed E-state index contributed by atoms with van der Waals surface area (Å²) >= 11 is 0. The fourth-order valence-electron chi connectivity index (χ4n) is 5.79. The van der Waals surface area contributed by atoms with Gasteiger partial charge in [-0.05, 0) is 78.0 Å². The van der Waals surface area contributed by atoms with Crippen LogP contribution < -0.4 is 0 Å². The van der Waals surface area contributed by atoms with Gasteiger partial charge in [-0.3, -0.25) is 9.59 Å². The molecular weight excluding hydrogens is 595 g/mol. The van der Waals surface area contributed by atoms with Gasteiger partial charge in [-0.15, -0.1) is 0 Å². The number of Topliss-reactive ketones (excluding diaryl/α,β-unsaturated/α-hetero) is 2. The van der Waals surface area contributed by atoms with E-state index in [1.54, 1.807) is 18.2 Å². The molecule has 0 aromatic heterocycles. The summed E-state index contributed by atoms with van der Waals surface area (Å²) in [5, 5.41) is 9.18. The van der Waals surface area contributed by atoms with Gasteiger partial charge in [-0.25, -0.2) is 0 Å². The van der Waals surface area contributed by atoms with Crippen LogP contribution in [0.2, 0.25) is 58.9 Å². The Kier molecular flexibility index (Phi) is 12.0. The van der Waals surface area contributed by atoms with Gasteiger partial charge in [-0.2, -0.15) is 5.26 Å². The lowest BCUT2D eigenvalue weighted by atomic mass is 9.85. The molecule has 8 atom stereocenters. The van der Waals surface area contributed by atoms with Crippen molar-refractivity contribution in [3.63, 3.8) is 0 Å². The first kappa shape index (κ1) is 36.0. The summed E-state index contributed by atoms with van der Waals surface area (Å²) in [7, 11) is -5.74. The van der Waals surface area contributed by atoms with E-state index in [1.807, 2.05) is 6.07 Å². The number of benzene rings is 1. The molecule has 0 aliphatic carbocycles. The van der Waals surface area contributed by atoms with E-state index in [2.05, 4.69) is 72.8 Å². The predicted molar refractivity (Wildman–Crippen MR) is 176 cm³/mol. The van der Waals surface area contributed by atoms with E-state index < -0.39 is 25.0 Å². The zero-order valence-electron chi connectivity index (χ0n) is 28.1. The Hall–Kier alpha value is -1.50. The predicted octanol–water partition coefficient (Wildman–Crippen LogP) is 6.58. The van der Waals surface area contributed by atoms with Crippen molar-refractivity contribution in [1.29, 1.82) is 5.26 Å². The molecule has 2 aliphatic heterocycles. The van der Waals surface area contributed by atoms with Crippen LogP contribution in [0.1, 0.15) is 49.0 Å². The van der Waals surface area contributed by atoms with E-state index in [0.717, 1.165) is 0 Å². The van der Waals surface area contributed by atoms with Crippen LogP contribution in [0.4, 0.5) is 0 Å². The van der Waals surface area contributed by atoms with Crippen molar-refractivity contribution in [2.45, 2.75) is 129 Å². The van der Waals surface area contributed by atoms with Crippen molar-refractivity contribution in [3.05, 3.63) is 35.4 Å². The number of hydrogen-bond donors (Lipinski definition) is 0. The molecule has 0 N–H and O–H groups in total. The third-order valence-corrected chi connectivity index (χ3v) is 10.7. The van der Waals surface area contributed by atoms with Gasteiger partial charge in [-0.1, -0.05) is 19.1 Å². The minimum Gasteiger partial charge on any atom is -0.415 e. The minimum absolute atomic E-state index is 0.0629. The molecule has 1 aromatic carbocycles. The van der Waals surface area contributed by atoms with Crippen LogP contribution in [0.3, 0.4) is 0 Å². The van der Waals surface area contributed by atoms with Crippen LogP contribution in [0, 0.1) is 23.2 Å². The van der Waals surface area contributed by atoms with Gasteiger partial charge < -0.3 is 22.8 Å². The molecule has 3 rings (SSSR count). The second kappa shape index (κ2) is 14.3. The van der Waals surface area contributed by atoms with Crippen LogP contribution in [0.15, 0.2) is 24.3 Å². The molecule has 2 fully saturated rings. The van der Waals surface area contributed by atoms with Gasteiger partial charge in [0.2, 0.25) is 0 Å². The van der Waals surface area contributed by atoms with Gasteiger partial charge in [0.25, 0.3) is 0 Å².